The zero-order chi connectivity index (χ0) is 9.84. The van der Waals surface area contributed by atoms with Crippen molar-refractivity contribution in [2.24, 2.45) is 0 Å². The molecule has 0 bridgehead atoms. The van der Waals surface area contributed by atoms with Gasteiger partial charge in [-0.25, -0.2) is 4.79 Å². The third-order valence-corrected chi connectivity index (χ3v) is 2.57. The molecule has 0 radical (unpaired) electrons. The van der Waals surface area contributed by atoms with Crippen molar-refractivity contribution in [1.29, 1.82) is 0 Å². The first-order chi connectivity index (χ1) is 6.16. The molecular formula is C10H17NO2. The Bertz CT molecular complexity index is 213. The lowest BCUT2D eigenvalue weighted by Gasteiger charge is -2.35. The molecule has 74 valence electrons. The highest BCUT2D eigenvalue weighted by Gasteiger charge is 2.26. The van der Waals surface area contributed by atoms with Gasteiger partial charge in [0.25, 0.3) is 0 Å². The van der Waals surface area contributed by atoms with Gasteiger partial charge in [-0.2, -0.15) is 0 Å². The first kappa shape index (κ1) is 10.1. The molecule has 3 heteroatoms. The zero-order valence-corrected chi connectivity index (χ0v) is 8.12. The van der Waals surface area contributed by atoms with Crippen LogP contribution in [0.3, 0.4) is 0 Å². The Balaban J connectivity index is 2.65. The molecule has 0 aromatic heterocycles. The third kappa shape index (κ3) is 2.23. The van der Waals surface area contributed by atoms with E-state index >= 15 is 0 Å². The van der Waals surface area contributed by atoms with Crippen LogP contribution in [0.15, 0.2) is 12.3 Å². The maximum absolute atomic E-state index is 10.9. The summed E-state index contributed by atoms with van der Waals surface area (Å²) in [5, 5.41) is 8.96. The summed E-state index contributed by atoms with van der Waals surface area (Å²) in [6.45, 7) is 6.66. The van der Waals surface area contributed by atoms with E-state index in [1.807, 2.05) is 11.8 Å². The van der Waals surface area contributed by atoms with Crippen LogP contribution >= 0.6 is 0 Å². The second-order valence-corrected chi connectivity index (χ2v) is 3.48. The fraction of sp³-hybridized carbons (Fsp3) is 0.700. The molecule has 1 unspecified atom stereocenters. The molecule has 1 atom stereocenters. The molecule has 1 fully saturated rings. The highest BCUT2D eigenvalue weighted by molar-refractivity contribution is 5.73. The van der Waals surface area contributed by atoms with Crippen molar-refractivity contribution >= 4 is 5.97 Å². The van der Waals surface area contributed by atoms with Gasteiger partial charge in [-0.3, -0.25) is 0 Å². The predicted octanol–water partition coefficient (Wildman–Crippen LogP) is 1.85. The van der Waals surface area contributed by atoms with Crippen molar-refractivity contribution in [2.75, 3.05) is 6.54 Å². The minimum Gasteiger partial charge on any atom is -0.480 e. The van der Waals surface area contributed by atoms with Crippen LogP contribution in [0.4, 0.5) is 0 Å². The minimum absolute atomic E-state index is 0.368. The first-order valence-electron chi connectivity index (χ1n) is 4.84. The number of nitrogens with zero attached hydrogens (tertiary/aromatic N) is 1. The Labute approximate surface area is 79.0 Å². The van der Waals surface area contributed by atoms with Crippen LogP contribution in [0.2, 0.25) is 0 Å². The van der Waals surface area contributed by atoms with Crippen molar-refractivity contribution in [3.8, 4) is 0 Å². The average molecular weight is 183 g/mol. The first-order valence-corrected chi connectivity index (χ1v) is 4.84. The number of hydrogen-bond donors (Lipinski definition) is 1. The maximum Gasteiger partial charge on any atom is 0.326 e. The van der Waals surface area contributed by atoms with E-state index in [-0.39, 0.29) is 6.04 Å². The van der Waals surface area contributed by atoms with Gasteiger partial charge in [0.2, 0.25) is 0 Å². The quantitative estimate of drug-likeness (QED) is 0.726. The van der Waals surface area contributed by atoms with Gasteiger partial charge in [0, 0.05) is 12.2 Å². The Kier molecular flexibility index (Phi) is 3.34. The van der Waals surface area contributed by atoms with Gasteiger partial charge in [-0.1, -0.05) is 13.5 Å². The van der Waals surface area contributed by atoms with Gasteiger partial charge in [0.1, 0.15) is 6.04 Å². The lowest BCUT2D eigenvalue weighted by atomic mass is 10.0. The summed E-state index contributed by atoms with van der Waals surface area (Å²) in [6.07, 6.45) is 3.83. The number of allylic oxidation sites excluding steroid dienone is 1. The van der Waals surface area contributed by atoms with Gasteiger partial charge in [-0.15, -0.1) is 0 Å². The number of aliphatic carboxylic acids is 1. The Hall–Kier alpha value is -0.990. The molecule has 0 spiro atoms. The van der Waals surface area contributed by atoms with E-state index in [4.69, 9.17) is 5.11 Å². The summed E-state index contributed by atoms with van der Waals surface area (Å²) in [5.41, 5.74) is 0.987. The van der Waals surface area contributed by atoms with E-state index in [2.05, 4.69) is 6.58 Å². The maximum atomic E-state index is 10.9. The van der Waals surface area contributed by atoms with Crippen LogP contribution in [0, 0.1) is 0 Å². The van der Waals surface area contributed by atoms with Crippen molar-refractivity contribution in [2.45, 2.75) is 38.6 Å². The van der Waals surface area contributed by atoms with E-state index in [1.165, 1.54) is 0 Å². The monoisotopic (exact) mass is 183 g/mol. The molecule has 0 amide bonds. The zero-order valence-electron chi connectivity index (χ0n) is 8.12. The highest BCUT2D eigenvalue weighted by atomic mass is 16.4. The van der Waals surface area contributed by atoms with Crippen LogP contribution in [0.1, 0.15) is 32.6 Å². The number of likely N-dealkylation sites (tertiary alicyclic amines) is 1. The Morgan fingerprint density at radius 1 is 1.69 bits per heavy atom. The number of rotatable bonds is 3. The summed E-state index contributed by atoms with van der Waals surface area (Å²) < 4.78 is 0. The highest BCUT2D eigenvalue weighted by Crippen LogP contribution is 2.22. The molecular weight excluding hydrogens is 166 g/mol. The fourth-order valence-electron chi connectivity index (χ4n) is 1.82. The number of carbonyl (C=O) groups is 1. The summed E-state index contributed by atoms with van der Waals surface area (Å²) >= 11 is 0. The molecule has 0 aliphatic carbocycles. The lowest BCUT2D eigenvalue weighted by Crippen LogP contribution is -2.42. The molecule has 1 heterocycles. The van der Waals surface area contributed by atoms with Gasteiger partial charge in [0.05, 0.1) is 0 Å². The smallest absolute Gasteiger partial charge is 0.326 e. The topological polar surface area (TPSA) is 40.5 Å². The van der Waals surface area contributed by atoms with Crippen LogP contribution in [-0.2, 0) is 4.79 Å². The largest absolute Gasteiger partial charge is 0.480 e. The summed E-state index contributed by atoms with van der Waals surface area (Å²) in [4.78, 5) is 12.8. The molecule has 13 heavy (non-hydrogen) atoms. The third-order valence-electron chi connectivity index (χ3n) is 2.57. The van der Waals surface area contributed by atoms with Crippen LogP contribution in [0.5, 0.6) is 0 Å². The van der Waals surface area contributed by atoms with Gasteiger partial charge in [0.15, 0.2) is 0 Å². The molecule has 1 rings (SSSR count). The van der Waals surface area contributed by atoms with Gasteiger partial charge < -0.3 is 10.0 Å². The van der Waals surface area contributed by atoms with Crippen molar-refractivity contribution in [1.82, 2.24) is 4.90 Å². The lowest BCUT2D eigenvalue weighted by molar-refractivity contribution is -0.142. The summed E-state index contributed by atoms with van der Waals surface area (Å²) in [7, 11) is 0. The van der Waals surface area contributed by atoms with E-state index in [9.17, 15) is 4.79 Å². The van der Waals surface area contributed by atoms with E-state index in [0.717, 1.165) is 31.5 Å². The average Bonchev–Trinajstić information content (AvgIpc) is 2.09. The second kappa shape index (κ2) is 4.30. The second-order valence-electron chi connectivity index (χ2n) is 3.48. The van der Waals surface area contributed by atoms with E-state index < -0.39 is 5.97 Å². The molecule has 0 saturated carbocycles. The van der Waals surface area contributed by atoms with Crippen LogP contribution in [-0.4, -0.2) is 28.6 Å². The number of hydrogen-bond acceptors (Lipinski definition) is 2. The van der Waals surface area contributed by atoms with E-state index in [0.29, 0.717) is 6.42 Å². The number of piperidine rings is 1. The van der Waals surface area contributed by atoms with Gasteiger partial charge >= 0.3 is 5.97 Å². The molecule has 0 aromatic rings. The Morgan fingerprint density at radius 3 is 2.85 bits per heavy atom. The van der Waals surface area contributed by atoms with Crippen molar-refractivity contribution in [3.05, 3.63) is 12.3 Å². The summed E-state index contributed by atoms with van der Waals surface area (Å²) in [5.74, 6) is -0.731. The molecule has 0 aromatic carbocycles. The van der Waals surface area contributed by atoms with Crippen LogP contribution < -0.4 is 0 Å². The molecule has 1 aliphatic heterocycles. The summed E-state index contributed by atoms with van der Waals surface area (Å²) in [6, 6.07) is -0.368. The molecule has 1 saturated heterocycles. The van der Waals surface area contributed by atoms with E-state index in [1.54, 1.807) is 0 Å². The standard InChI is InChI=1S/C10H17NO2/c1-3-9(10(12)13)11-7-5-4-6-8(11)2/h9H,2-7H2,1H3,(H,12,13). The SMILES string of the molecule is C=C1CCCCN1C(CC)C(=O)O. The molecule has 1 N–H and O–H groups in total. The Morgan fingerprint density at radius 2 is 2.38 bits per heavy atom. The number of carboxylic acid groups (broad SMARTS) is 1. The normalized spacial score (nSPS) is 20.1. The molecule has 3 nitrogen and oxygen atoms in total. The molecule has 1 aliphatic rings. The van der Waals surface area contributed by atoms with Crippen molar-refractivity contribution < 1.29 is 9.90 Å². The fourth-order valence-corrected chi connectivity index (χ4v) is 1.82. The minimum atomic E-state index is -0.731. The van der Waals surface area contributed by atoms with Crippen LogP contribution in [0.25, 0.3) is 0 Å². The van der Waals surface area contributed by atoms with Crippen molar-refractivity contribution in [3.63, 3.8) is 0 Å². The number of carboxylic acids is 1. The van der Waals surface area contributed by atoms with Gasteiger partial charge in [-0.05, 0) is 25.7 Å². The predicted molar refractivity (Wildman–Crippen MR) is 51.4 cm³/mol.